The van der Waals surface area contributed by atoms with Crippen LogP contribution in [0.4, 0.5) is 13.2 Å². The molecule has 178 valence electrons. The number of carboxylic acids is 1. The number of rotatable bonds is 6. The van der Waals surface area contributed by atoms with Gasteiger partial charge in [-0.25, -0.2) is 14.8 Å². The average Bonchev–Trinajstić information content (AvgIpc) is 3.53. The van der Waals surface area contributed by atoms with Gasteiger partial charge in [0.05, 0.1) is 29.5 Å². The highest BCUT2D eigenvalue weighted by Gasteiger charge is 2.61. The van der Waals surface area contributed by atoms with Crippen molar-refractivity contribution in [3.8, 4) is 0 Å². The van der Waals surface area contributed by atoms with Crippen LogP contribution in [0.15, 0.2) is 48.4 Å². The summed E-state index contributed by atoms with van der Waals surface area (Å²) in [5, 5.41) is 12.2. The van der Waals surface area contributed by atoms with Crippen LogP contribution in [-0.4, -0.2) is 48.3 Å². The van der Waals surface area contributed by atoms with Crippen molar-refractivity contribution in [2.75, 3.05) is 0 Å². The van der Waals surface area contributed by atoms with Crippen molar-refractivity contribution in [2.24, 2.45) is 11.7 Å². The van der Waals surface area contributed by atoms with Crippen LogP contribution in [0.25, 0.3) is 0 Å². The van der Waals surface area contributed by atoms with Gasteiger partial charge >= 0.3 is 12.1 Å². The Morgan fingerprint density at radius 1 is 1.24 bits per heavy atom. The number of alkyl halides is 3. The van der Waals surface area contributed by atoms with Crippen LogP contribution in [0.3, 0.4) is 0 Å². The second-order valence-corrected chi connectivity index (χ2v) is 8.78. The van der Waals surface area contributed by atoms with E-state index in [0.29, 0.717) is 5.69 Å². The van der Waals surface area contributed by atoms with E-state index in [4.69, 9.17) is 5.73 Å². The minimum atomic E-state index is -4.61. The molecule has 3 aromatic rings. The lowest BCUT2D eigenvalue weighted by molar-refractivity contribution is -0.149. The van der Waals surface area contributed by atoms with Gasteiger partial charge < -0.3 is 20.7 Å². The molecule has 3 atom stereocenters. The van der Waals surface area contributed by atoms with Crippen LogP contribution in [0, 0.1) is 5.92 Å². The summed E-state index contributed by atoms with van der Waals surface area (Å²) < 4.78 is 39.0. The van der Waals surface area contributed by atoms with Crippen molar-refractivity contribution in [3.63, 3.8) is 0 Å². The van der Waals surface area contributed by atoms with E-state index in [1.807, 2.05) is 0 Å². The lowest BCUT2D eigenvalue weighted by Gasteiger charge is -2.37. The third-order valence-electron chi connectivity index (χ3n) is 5.85. The summed E-state index contributed by atoms with van der Waals surface area (Å²) in [6.07, 6.45) is -0.952. The molecule has 0 spiro atoms. The quantitative estimate of drug-likeness (QED) is 0.482. The third-order valence-corrected chi connectivity index (χ3v) is 6.70. The Balaban J connectivity index is 1.87. The van der Waals surface area contributed by atoms with Gasteiger partial charge in [0.15, 0.2) is 0 Å². The number of H-pyrrole nitrogens is 1. The summed E-state index contributed by atoms with van der Waals surface area (Å²) in [5.74, 6) is -4.19. The van der Waals surface area contributed by atoms with Crippen molar-refractivity contribution in [3.05, 3.63) is 70.2 Å². The summed E-state index contributed by atoms with van der Waals surface area (Å²) in [6, 6.07) is 2.31. The number of hydrogen-bond acceptors (Lipinski definition) is 6. The van der Waals surface area contributed by atoms with E-state index in [0.717, 1.165) is 40.5 Å². The second-order valence-electron chi connectivity index (χ2n) is 7.85. The fourth-order valence-electron chi connectivity index (χ4n) is 4.31. The van der Waals surface area contributed by atoms with Gasteiger partial charge in [-0.05, 0) is 30.7 Å². The number of amides is 2. The number of imidazole rings is 1. The Kier molecular flexibility index (Phi) is 5.89. The highest BCUT2D eigenvalue weighted by molar-refractivity contribution is 7.09. The number of carbonyl (C=O) groups is 3. The van der Waals surface area contributed by atoms with Gasteiger partial charge in [0.2, 0.25) is 5.91 Å². The highest BCUT2D eigenvalue weighted by atomic mass is 32.1. The zero-order valence-corrected chi connectivity index (χ0v) is 18.1. The highest BCUT2D eigenvalue weighted by Crippen LogP contribution is 2.49. The number of primary amides is 1. The summed E-state index contributed by atoms with van der Waals surface area (Å²) in [4.78, 5) is 50.8. The molecular weight excluding hydrogens is 475 g/mol. The number of aromatic amines is 1. The lowest BCUT2D eigenvalue weighted by Crippen LogP contribution is -2.55. The summed E-state index contributed by atoms with van der Waals surface area (Å²) in [6.45, 7) is 0. The van der Waals surface area contributed by atoms with Crippen LogP contribution in [-0.2, 0) is 22.2 Å². The summed E-state index contributed by atoms with van der Waals surface area (Å²) in [7, 11) is 0. The van der Waals surface area contributed by atoms with Crippen molar-refractivity contribution in [1.29, 1.82) is 0 Å². The van der Waals surface area contributed by atoms with Crippen molar-refractivity contribution in [2.45, 2.75) is 30.6 Å². The molecule has 0 aliphatic carbocycles. The van der Waals surface area contributed by atoms with E-state index >= 15 is 0 Å². The number of hydrogen-bond donors (Lipinski definition) is 3. The molecule has 0 radical (unpaired) electrons. The first-order chi connectivity index (χ1) is 16.0. The zero-order chi connectivity index (χ0) is 24.7. The monoisotopic (exact) mass is 493 g/mol. The maximum absolute atomic E-state index is 13.7. The van der Waals surface area contributed by atoms with E-state index in [2.05, 4.69) is 15.0 Å². The number of aromatic nitrogens is 3. The number of carbonyl (C=O) groups excluding carboxylic acids is 2. The molecule has 1 saturated heterocycles. The molecule has 1 aromatic carbocycles. The molecule has 4 N–H and O–H groups in total. The largest absolute Gasteiger partial charge is 0.479 e. The lowest BCUT2D eigenvalue weighted by atomic mass is 9.86. The number of nitrogens with one attached hydrogen (secondary N) is 1. The number of aliphatic carboxylic acids is 1. The molecule has 1 aliphatic rings. The molecular formula is C21H18F3N5O4S. The summed E-state index contributed by atoms with van der Waals surface area (Å²) in [5.41, 5.74) is 2.85. The van der Waals surface area contributed by atoms with Gasteiger partial charge in [0, 0.05) is 29.8 Å². The van der Waals surface area contributed by atoms with E-state index in [9.17, 15) is 32.7 Å². The van der Waals surface area contributed by atoms with Gasteiger partial charge in [-0.3, -0.25) is 9.59 Å². The Labute approximate surface area is 194 Å². The number of nitrogens with two attached hydrogens (primary N) is 1. The maximum Gasteiger partial charge on any atom is 0.416 e. The fraction of sp³-hybridized carbons (Fsp3) is 0.286. The number of halogens is 3. The molecule has 0 saturated carbocycles. The number of thiazole rings is 1. The molecule has 3 unspecified atom stereocenters. The molecule has 34 heavy (non-hydrogen) atoms. The van der Waals surface area contributed by atoms with Gasteiger partial charge in [0.25, 0.3) is 5.91 Å². The average molecular weight is 493 g/mol. The van der Waals surface area contributed by atoms with Gasteiger partial charge in [-0.2, -0.15) is 13.2 Å². The van der Waals surface area contributed by atoms with Crippen LogP contribution in [0.2, 0.25) is 0 Å². The molecule has 3 heterocycles. The molecule has 1 aliphatic heterocycles. The molecule has 13 heteroatoms. The second kappa shape index (κ2) is 8.56. The predicted octanol–water partition coefficient (Wildman–Crippen LogP) is 2.64. The van der Waals surface area contributed by atoms with E-state index < -0.39 is 47.0 Å². The molecule has 0 bridgehead atoms. The number of carboxylic acid groups (broad SMARTS) is 1. The van der Waals surface area contributed by atoms with Crippen molar-refractivity contribution >= 4 is 29.1 Å². The van der Waals surface area contributed by atoms with Crippen LogP contribution >= 0.6 is 11.3 Å². The molecule has 2 amide bonds. The fourth-order valence-corrected chi connectivity index (χ4v) is 5.10. The topological polar surface area (TPSA) is 142 Å². The SMILES string of the molecule is NC(=O)C1CC(Cc2c[nH]cn2)(C(=O)O)N(C(=O)c2ccc(C(F)(F)F)cc2)C1c1nccs1. The molecule has 2 aromatic heterocycles. The van der Waals surface area contributed by atoms with Gasteiger partial charge in [-0.1, -0.05) is 0 Å². The normalized spacial score (nSPS) is 22.6. The first kappa shape index (κ1) is 23.4. The van der Waals surface area contributed by atoms with Gasteiger partial charge in [0.1, 0.15) is 10.5 Å². The Morgan fingerprint density at radius 3 is 2.44 bits per heavy atom. The predicted molar refractivity (Wildman–Crippen MR) is 112 cm³/mol. The Hall–Kier alpha value is -3.74. The van der Waals surface area contributed by atoms with E-state index in [-0.39, 0.29) is 23.4 Å². The third kappa shape index (κ3) is 4.02. The zero-order valence-electron chi connectivity index (χ0n) is 17.3. The minimum Gasteiger partial charge on any atom is -0.479 e. The van der Waals surface area contributed by atoms with Crippen molar-refractivity contribution in [1.82, 2.24) is 19.9 Å². The van der Waals surface area contributed by atoms with Gasteiger partial charge in [-0.15, -0.1) is 11.3 Å². The molecule has 9 nitrogen and oxygen atoms in total. The van der Waals surface area contributed by atoms with E-state index in [1.165, 1.54) is 18.7 Å². The van der Waals surface area contributed by atoms with Crippen LogP contribution in [0.5, 0.6) is 0 Å². The minimum absolute atomic E-state index is 0.174. The van der Waals surface area contributed by atoms with Crippen molar-refractivity contribution < 1.29 is 32.7 Å². The number of likely N-dealkylation sites (tertiary alicyclic amines) is 1. The Bertz CT molecular complexity index is 1200. The number of nitrogens with zero attached hydrogens (tertiary/aromatic N) is 3. The first-order valence-electron chi connectivity index (χ1n) is 9.95. The summed E-state index contributed by atoms with van der Waals surface area (Å²) >= 11 is 1.11. The molecule has 4 rings (SSSR count). The van der Waals surface area contributed by atoms with Crippen LogP contribution < -0.4 is 5.73 Å². The van der Waals surface area contributed by atoms with Crippen LogP contribution in [0.1, 0.15) is 39.1 Å². The molecule has 1 fully saturated rings. The maximum atomic E-state index is 13.7. The van der Waals surface area contributed by atoms with E-state index in [1.54, 1.807) is 5.38 Å². The Morgan fingerprint density at radius 2 is 1.94 bits per heavy atom. The number of benzene rings is 1. The standard InChI is InChI=1S/C21H18F3N5O4S/c22-21(23,24)12-3-1-11(2-4-12)18(31)29-15(17-27-5-6-34-17)14(16(25)30)8-20(29,19(32)33)7-13-9-26-10-28-13/h1-6,9-10,14-15H,7-8H2,(H2,25,30)(H,26,28)(H,32,33). The smallest absolute Gasteiger partial charge is 0.416 e. The first-order valence-corrected chi connectivity index (χ1v) is 10.8.